The highest BCUT2D eigenvalue weighted by atomic mass is 32.1. The van der Waals surface area contributed by atoms with Gasteiger partial charge in [-0.05, 0) is 44.2 Å². The van der Waals surface area contributed by atoms with Crippen molar-refractivity contribution >= 4 is 27.3 Å². The van der Waals surface area contributed by atoms with Crippen LogP contribution in [0.3, 0.4) is 0 Å². The van der Waals surface area contributed by atoms with E-state index in [0.29, 0.717) is 6.61 Å². The van der Waals surface area contributed by atoms with Crippen LogP contribution in [0.1, 0.15) is 34.8 Å². The standard InChI is InChI=1S/C23H27N3O2S/c1-3-28-21-9-8-18(17(2)27)14-19(21)15-25-10-12-26(13-11-25)16-23-24-20-6-4-5-7-22(20)29-23/h4-9,14H,3,10-13,15-16H2,1-2H3. The molecular weight excluding hydrogens is 382 g/mol. The van der Waals surface area contributed by atoms with E-state index in [9.17, 15) is 4.79 Å². The Morgan fingerprint density at radius 3 is 2.48 bits per heavy atom. The van der Waals surface area contributed by atoms with Crippen LogP contribution in [0, 0.1) is 0 Å². The minimum Gasteiger partial charge on any atom is -0.494 e. The summed E-state index contributed by atoms with van der Waals surface area (Å²) >= 11 is 1.79. The molecule has 5 nitrogen and oxygen atoms in total. The van der Waals surface area contributed by atoms with Gasteiger partial charge in [0.2, 0.25) is 0 Å². The number of piperazine rings is 1. The fraction of sp³-hybridized carbons (Fsp3) is 0.391. The number of nitrogens with zero attached hydrogens (tertiary/aromatic N) is 3. The van der Waals surface area contributed by atoms with E-state index in [1.807, 2.05) is 31.2 Å². The maximum absolute atomic E-state index is 11.8. The molecule has 0 unspecified atom stereocenters. The number of carbonyl (C=O) groups excluding carboxylic acids is 1. The van der Waals surface area contributed by atoms with Crippen LogP contribution in [0.25, 0.3) is 10.2 Å². The fourth-order valence-electron chi connectivity index (χ4n) is 3.74. The molecule has 2 heterocycles. The molecule has 0 atom stereocenters. The van der Waals surface area contributed by atoms with Gasteiger partial charge in [0.25, 0.3) is 0 Å². The zero-order chi connectivity index (χ0) is 20.2. The second-order valence-electron chi connectivity index (χ2n) is 7.44. The van der Waals surface area contributed by atoms with Gasteiger partial charge < -0.3 is 4.74 Å². The largest absolute Gasteiger partial charge is 0.494 e. The predicted octanol–water partition coefficient (Wildman–Crippen LogP) is 4.22. The molecule has 0 amide bonds. The van der Waals surface area contributed by atoms with E-state index in [0.717, 1.165) is 61.7 Å². The molecule has 0 N–H and O–H groups in total. The van der Waals surface area contributed by atoms with E-state index in [4.69, 9.17) is 9.72 Å². The van der Waals surface area contributed by atoms with Gasteiger partial charge in [0.05, 0.1) is 23.4 Å². The van der Waals surface area contributed by atoms with Gasteiger partial charge in [-0.25, -0.2) is 4.98 Å². The highest BCUT2D eigenvalue weighted by molar-refractivity contribution is 7.18. The highest BCUT2D eigenvalue weighted by Crippen LogP contribution is 2.25. The van der Waals surface area contributed by atoms with Gasteiger partial charge in [0.1, 0.15) is 10.8 Å². The lowest BCUT2D eigenvalue weighted by molar-refractivity contribution is 0.101. The number of ketones is 1. The number of benzene rings is 2. The van der Waals surface area contributed by atoms with Gasteiger partial charge in [-0.2, -0.15) is 0 Å². The highest BCUT2D eigenvalue weighted by Gasteiger charge is 2.20. The van der Waals surface area contributed by atoms with Crippen molar-refractivity contribution in [1.82, 2.24) is 14.8 Å². The number of carbonyl (C=O) groups is 1. The Hall–Kier alpha value is -2.28. The molecule has 29 heavy (non-hydrogen) atoms. The number of aromatic nitrogens is 1. The minimum atomic E-state index is 0.0925. The normalized spacial score (nSPS) is 15.7. The molecule has 0 aliphatic carbocycles. The van der Waals surface area contributed by atoms with E-state index in [-0.39, 0.29) is 5.78 Å². The molecule has 6 heteroatoms. The SMILES string of the molecule is CCOc1ccc(C(C)=O)cc1CN1CCN(Cc2nc3ccccc3s2)CC1. The van der Waals surface area contributed by atoms with E-state index < -0.39 is 0 Å². The summed E-state index contributed by atoms with van der Waals surface area (Å²) in [6, 6.07) is 14.1. The van der Waals surface area contributed by atoms with E-state index in [1.54, 1.807) is 18.3 Å². The lowest BCUT2D eigenvalue weighted by Crippen LogP contribution is -2.45. The third-order valence-corrected chi connectivity index (χ3v) is 6.34. The van der Waals surface area contributed by atoms with E-state index >= 15 is 0 Å². The number of Topliss-reactive ketones (excluding diaryl/α,β-unsaturated/α-hetero) is 1. The van der Waals surface area contributed by atoms with Gasteiger partial charge in [-0.1, -0.05) is 12.1 Å². The Bertz CT molecular complexity index is 960. The van der Waals surface area contributed by atoms with Crippen LogP contribution in [0.15, 0.2) is 42.5 Å². The second-order valence-corrected chi connectivity index (χ2v) is 8.55. The van der Waals surface area contributed by atoms with E-state index in [1.165, 1.54) is 9.71 Å². The topological polar surface area (TPSA) is 45.7 Å². The van der Waals surface area contributed by atoms with Gasteiger partial charge in [-0.3, -0.25) is 14.6 Å². The Kier molecular flexibility index (Phi) is 6.23. The molecule has 1 fully saturated rings. The number of rotatable bonds is 7. The zero-order valence-electron chi connectivity index (χ0n) is 17.1. The summed E-state index contributed by atoms with van der Waals surface area (Å²) in [5.74, 6) is 0.976. The van der Waals surface area contributed by atoms with Crippen LogP contribution in [0.4, 0.5) is 0 Å². The summed E-state index contributed by atoms with van der Waals surface area (Å²) in [6.07, 6.45) is 0. The molecule has 1 saturated heterocycles. The first-order valence-corrected chi connectivity index (χ1v) is 11.0. The molecule has 3 aromatic rings. The van der Waals surface area contributed by atoms with Crippen LogP contribution in [-0.4, -0.2) is 53.4 Å². The van der Waals surface area contributed by atoms with Crippen molar-refractivity contribution in [3.05, 3.63) is 58.6 Å². The number of hydrogen-bond acceptors (Lipinski definition) is 6. The first-order chi connectivity index (χ1) is 14.1. The smallest absolute Gasteiger partial charge is 0.159 e. The molecule has 2 aromatic carbocycles. The monoisotopic (exact) mass is 409 g/mol. The lowest BCUT2D eigenvalue weighted by Gasteiger charge is -2.34. The molecule has 152 valence electrons. The number of thiazole rings is 1. The molecule has 1 aliphatic heterocycles. The minimum absolute atomic E-state index is 0.0925. The molecule has 0 saturated carbocycles. The van der Waals surface area contributed by atoms with Gasteiger partial charge in [0.15, 0.2) is 5.78 Å². The van der Waals surface area contributed by atoms with Crippen molar-refractivity contribution in [2.45, 2.75) is 26.9 Å². The van der Waals surface area contributed by atoms with Crippen LogP contribution < -0.4 is 4.74 Å². The zero-order valence-corrected chi connectivity index (χ0v) is 17.9. The first kappa shape index (κ1) is 20.0. The average molecular weight is 410 g/mol. The van der Waals surface area contributed by atoms with Gasteiger partial charge in [-0.15, -0.1) is 11.3 Å². The molecule has 0 spiro atoms. The summed E-state index contributed by atoms with van der Waals surface area (Å²) in [4.78, 5) is 21.5. The summed E-state index contributed by atoms with van der Waals surface area (Å²) in [5, 5.41) is 1.19. The third-order valence-electron chi connectivity index (χ3n) is 5.32. The van der Waals surface area contributed by atoms with Crippen molar-refractivity contribution in [3.63, 3.8) is 0 Å². The molecule has 1 aromatic heterocycles. The fourth-order valence-corrected chi connectivity index (χ4v) is 4.75. The van der Waals surface area contributed by atoms with Gasteiger partial charge >= 0.3 is 0 Å². The number of ether oxygens (including phenoxy) is 1. The number of hydrogen-bond donors (Lipinski definition) is 0. The quantitative estimate of drug-likeness (QED) is 0.547. The average Bonchev–Trinajstić information content (AvgIpc) is 3.13. The van der Waals surface area contributed by atoms with Crippen LogP contribution in [0.2, 0.25) is 0 Å². The lowest BCUT2D eigenvalue weighted by atomic mass is 10.1. The van der Waals surface area contributed by atoms with Crippen LogP contribution >= 0.6 is 11.3 Å². The Balaban J connectivity index is 1.37. The van der Waals surface area contributed by atoms with Crippen LogP contribution in [-0.2, 0) is 13.1 Å². The number of fused-ring (bicyclic) bond motifs is 1. The Labute approximate surface area is 175 Å². The molecular formula is C23H27N3O2S. The van der Waals surface area contributed by atoms with Crippen molar-refractivity contribution in [2.24, 2.45) is 0 Å². The van der Waals surface area contributed by atoms with Crippen molar-refractivity contribution < 1.29 is 9.53 Å². The summed E-state index contributed by atoms with van der Waals surface area (Å²) in [6.45, 7) is 9.99. The van der Waals surface area contributed by atoms with Crippen LogP contribution in [0.5, 0.6) is 5.75 Å². The van der Waals surface area contributed by atoms with Crippen molar-refractivity contribution in [2.75, 3.05) is 32.8 Å². The summed E-state index contributed by atoms with van der Waals surface area (Å²) in [5.41, 5.74) is 2.94. The third kappa shape index (κ3) is 4.83. The Morgan fingerprint density at radius 2 is 1.79 bits per heavy atom. The summed E-state index contributed by atoms with van der Waals surface area (Å²) in [7, 11) is 0. The molecule has 0 bridgehead atoms. The molecule has 0 radical (unpaired) electrons. The van der Waals surface area contributed by atoms with Crippen molar-refractivity contribution in [1.29, 1.82) is 0 Å². The second kappa shape index (κ2) is 9.03. The molecule has 4 rings (SSSR count). The van der Waals surface area contributed by atoms with E-state index in [2.05, 4.69) is 28.0 Å². The number of para-hydroxylation sites is 1. The maximum Gasteiger partial charge on any atom is 0.159 e. The van der Waals surface area contributed by atoms with Gasteiger partial charge in [0, 0.05) is 43.9 Å². The first-order valence-electron chi connectivity index (χ1n) is 10.2. The predicted molar refractivity (Wildman–Crippen MR) is 118 cm³/mol. The summed E-state index contributed by atoms with van der Waals surface area (Å²) < 4.78 is 7.05. The Morgan fingerprint density at radius 1 is 1.07 bits per heavy atom. The molecule has 1 aliphatic rings. The maximum atomic E-state index is 11.8. The van der Waals surface area contributed by atoms with Crippen molar-refractivity contribution in [3.8, 4) is 5.75 Å².